The molecule has 0 spiro atoms. The summed E-state index contributed by atoms with van der Waals surface area (Å²) in [6.45, 7) is 3.08. The zero-order valence-corrected chi connectivity index (χ0v) is 13.0. The molecule has 0 amide bonds. The first-order chi connectivity index (χ1) is 9.00. The lowest BCUT2D eigenvalue weighted by molar-refractivity contribution is -0.0329. The van der Waals surface area contributed by atoms with E-state index in [1.54, 1.807) is 13.8 Å². The highest BCUT2D eigenvalue weighted by atomic mass is 35.7. The fourth-order valence-corrected chi connectivity index (χ4v) is 2.88. The normalized spacial score (nSPS) is 12.5. The van der Waals surface area contributed by atoms with Crippen LogP contribution in [0.2, 0.25) is 0 Å². The predicted octanol–water partition coefficient (Wildman–Crippen LogP) is 3.86. The average Bonchev–Trinajstić information content (AvgIpc) is 2.23. The summed E-state index contributed by atoms with van der Waals surface area (Å²) in [7, 11) is 1.39. The second-order valence-electron chi connectivity index (χ2n) is 3.97. The van der Waals surface area contributed by atoms with E-state index in [-0.39, 0.29) is 29.0 Å². The summed E-state index contributed by atoms with van der Waals surface area (Å²) in [6.07, 6.45) is 0. The van der Waals surface area contributed by atoms with E-state index < -0.39 is 14.6 Å². The van der Waals surface area contributed by atoms with Crippen LogP contribution in [0.15, 0.2) is 17.0 Å². The van der Waals surface area contributed by atoms with E-state index in [1.165, 1.54) is 12.1 Å². The predicted molar refractivity (Wildman–Crippen MR) is 73.0 cm³/mol. The number of benzene rings is 1. The molecule has 0 aliphatic rings. The van der Waals surface area contributed by atoms with E-state index >= 15 is 0 Å². The molecule has 0 saturated carbocycles. The number of hydrogen-bond acceptors (Lipinski definition) is 4. The van der Waals surface area contributed by atoms with Crippen LogP contribution in [0.5, 0.6) is 5.75 Å². The molecule has 9 heteroatoms. The van der Waals surface area contributed by atoms with Crippen molar-refractivity contribution in [3.05, 3.63) is 23.3 Å². The molecule has 0 unspecified atom stereocenters. The molecular weight excluding hydrogens is 337 g/mol. The van der Waals surface area contributed by atoms with E-state index in [9.17, 15) is 21.6 Å². The van der Waals surface area contributed by atoms with Crippen LogP contribution in [-0.4, -0.2) is 26.3 Å². The summed E-state index contributed by atoms with van der Waals surface area (Å²) in [4.78, 5) is -0.0637. The van der Waals surface area contributed by atoms with E-state index in [4.69, 9.17) is 15.4 Å². The van der Waals surface area contributed by atoms with Crippen molar-refractivity contribution in [2.24, 2.45) is 0 Å². The number of rotatable bonds is 5. The summed E-state index contributed by atoms with van der Waals surface area (Å²) in [6, 6.07) is 2.64. The molecule has 0 heterocycles. The highest BCUT2D eigenvalue weighted by Gasteiger charge is 2.27. The zero-order valence-electron chi connectivity index (χ0n) is 10.6. The third kappa shape index (κ3) is 5.41. The molecule has 0 aliphatic carbocycles. The summed E-state index contributed by atoms with van der Waals surface area (Å²) in [5.74, 6) is 0.134. The maximum atomic E-state index is 12.0. The van der Waals surface area contributed by atoms with Crippen LogP contribution in [0.1, 0.15) is 11.1 Å². The molecule has 1 aromatic carbocycles. The molecule has 0 saturated heterocycles. The number of thioether (sulfide) groups is 1. The van der Waals surface area contributed by atoms with Gasteiger partial charge in [-0.3, -0.25) is 0 Å². The first-order valence-corrected chi connectivity index (χ1v) is 8.69. The molecule has 0 fully saturated rings. The highest BCUT2D eigenvalue weighted by molar-refractivity contribution is 8.13. The fraction of sp³-hybridized carbons (Fsp3) is 0.455. The molecule has 1 rings (SSSR count). The Hall–Kier alpha value is -0.600. The van der Waals surface area contributed by atoms with Gasteiger partial charge in [0.1, 0.15) is 5.75 Å². The Balaban J connectivity index is 2.78. The number of aryl methyl sites for hydroxylation is 2. The van der Waals surface area contributed by atoms with Gasteiger partial charge in [0.25, 0.3) is 9.05 Å². The van der Waals surface area contributed by atoms with Gasteiger partial charge in [-0.15, -0.1) is 0 Å². The van der Waals surface area contributed by atoms with Crippen molar-refractivity contribution < 1.29 is 26.3 Å². The van der Waals surface area contributed by atoms with Crippen LogP contribution in [-0.2, 0) is 9.05 Å². The topological polar surface area (TPSA) is 43.4 Å². The minimum atomic E-state index is -4.29. The van der Waals surface area contributed by atoms with Gasteiger partial charge in [0.05, 0.1) is 11.5 Å². The molecule has 1 aromatic rings. The molecule has 0 bridgehead atoms. The largest absolute Gasteiger partial charge is 0.492 e. The van der Waals surface area contributed by atoms with Crippen molar-refractivity contribution in [2.75, 3.05) is 12.4 Å². The molecule has 0 aromatic heterocycles. The van der Waals surface area contributed by atoms with Crippen LogP contribution in [0.25, 0.3) is 0 Å². The Morgan fingerprint density at radius 3 is 2.15 bits per heavy atom. The van der Waals surface area contributed by atoms with Gasteiger partial charge in [-0.2, -0.15) is 13.2 Å². The number of halogens is 4. The fourth-order valence-electron chi connectivity index (χ4n) is 1.58. The summed E-state index contributed by atoms with van der Waals surface area (Å²) in [5, 5.41) is 0. The summed E-state index contributed by atoms with van der Waals surface area (Å²) >= 11 is -0.170. The Morgan fingerprint density at radius 2 is 1.75 bits per heavy atom. The van der Waals surface area contributed by atoms with Crippen molar-refractivity contribution in [1.82, 2.24) is 0 Å². The van der Waals surface area contributed by atoms with E-state index in [0.717, 1.165) is 0 Å². The van der Waals surface area contributed by atoms with Crippen molar-refractivity contribution in [1.29, 1.82) is 0 Å². The van der Waals surface area contributed by atoms with Crippen LogP contribution in [0.3, 0.4) is 0 Å². The average molecular weight is 349 g/mol. The van der Waals surface area contributed by atoms with Gasteiger partial charge >= 0.3 is 5.51 Å². The van der Waals surface area contributed by atoms with Crippen molar-refractivity contribution in [3.8, 4) is 5.75 Å². The van der Waals surface area contributed by atoms with Crippen molar-refractivity contribution in [2.45, 2.75) is 24.3 Å². The van der Waals surface area contributed by atoms with Gasteiger partial charge in [0.2, 0.25) is 0 Å². The maximum Gasteiger partial charge on any atom is 0.441 e. The van der Waals surface area contributed by atoms with Crippen LogP contribution in [0.4, 0.5) is 13.2 Å². The van der Waals surface area contributed by atoms with E-state index in [2.05, 4.69) is 0 Å². The van der Waals surface area contributed by atoms with Gasteiger partial charge in [-0.1, -0.05) is 0 Å². The molecule has 3 nitrogen and oxygen atoms in total. The number of ether oxygens (including phenoxy) is 1. The molecule has 20 heavy (non-hydrogen) atoms. The lowest BCUT2D eigenvalue weighted by atomic mass is 10.1. The van der Waals surface area contributed by atoms with Gasteiger partial charge in [0.15, 0.2) is 0 Å². The molecule has 0 aliphatic heterocycles. The molecule has 0 atom stereocenters. The minimum Gasteiger partial charge on any atom is -0.492 e. The van der Waals surface area contributed by atoms with Gasteiger partial charge < -0.3 is 4.74 Å². The second kappa shape index (κ2) is 6.44. The second-order valence-corrected chi connectivity index (χ2v) is 7.69. The Morgan fingerprint density at radius 1 is 1.25 bits per heavy atom. The standard InChI is InChI=1S/C11H12ClF3O3S2/c1-7-5-9(20(12,16)17)6-8(2)10(7)18-3-4-19-11(13,14)15/h5-6H,3-4H2,1-2H3. The van der Waals surface area contributed by atoms with Crippen LogP contribution in [0, 0.1) is 13.8 Å². The first-order valence-electron chi connectivity index (χ1n) is 5.40. The first kappa shape index (κ1) is 17.5. The quantitative estimate of drug-likeness (QED) is 0.598. The van der Waals surface area contributed by atoms with E-state index in [1.807, 2.05) is 0 Å². The monoisotopic (exact) mass is 348 g/mol. The van der Waals surface area contributed by atoms with Gasteiger partial charge in [-0.25, -0.2) is 8.42 Å². The number of hydrogen-bond donors (Lipinski definition) is 0. The zero-order chi connectivity index (χ0) is 15.6. The summed E-state index contributed by atoms with van der Waals surface area (Å²) < 4.78 is 63.6. The minimum absolute atomic E-state index is 0.0637. The van der Waals surface area contributed by atoms with Gasteiger partial charge in [0, 0.05) is 16.4 Å². The third-order valence-electron chi connectivity index (χ3n) is 2.31. The lowest BCUT2D eigenvalue weighted by Gasteiger charge is -2.13. The van der Waals surface area contributed by atoms with Crippen molar-refractivity contribution >= 4 is 31.5 Å². The molecule has 114 valence electrons. The van der Waals surface area contributed by atoms with Crippen LogP contribution < -0.4 is 4.74 Å². The molecule has 0 radical (unpaired) electrons. The smallest absolute Gasteiger partial charge is 0.441 e. The highest BCUT2D eigenvalue weighted by Crippen LogP contribution is 2.31. The Kier molecular flexibility index (Phi) is 5.62. The SMILES string of the molecule is Cc1cc(S(=O)(=O)Cl)cc(C)c1OCCSC(F)(F)F. The molecule has 0 N–H and O–H groups in total. The summed E-state index contributed by atoms with van der Waals surface area (Å²) in [5.41, 5.74) is -3.29. The van der Waals surface area contributed by atoms with Gasteiger partial charge in [-0.05, 0) is 48.9 Å². The molecular formula is C11H12ClF3O3S2. The van der Waals surface area contributed by atoms with Crippen molar-refractivity contribution in [3.63, 3.8) is 0 Å². The third-order valence-corrected chi connectivity index (χ3v) is 4.34. The van der Waals surface area contributed by atoms with E-state index in [0.29, 0.717) is 16.9 Å². The number of alkyl halides is 3. The Bertz CT molecular complexity index is 562. The maximum absolute atomic E-state index is 12.0. The lowest BCUT2D eigenvalue weighted by Crippen LogP contribution is -2.09. The Labute approximate surface area is 123 Å². The van der Waals surface area contributed by atoms with Crippen LogP contribution >= 0.6 is 22.4 Å².